The molecule has 1 atom stereocenters. The van der Waals surface area contributed by atoms with Crippen molar-refractivity contribution in [2.45, 2.75) is 26.8 Å². The summed E-state index contributed by atoms with van der Waals surface area (Å²) in [6, 6.07) is 20.2. The van der Waals surface area contributed by atoms with Crippen LogP contribution in [0.1, 0.15) is 40.3 Å². The fourth-order valence-corrected chi connectivity index (χ4v) is 4.75. The number of nitrogens with zero attached hydrogens (tertiary/aromatic N) is 3. The number of ether oxygens (including phenoxy) is 2. The van der Waals surface area contributed by atoms with E-state index < -0.39 is 0 Å². The molecule has 5 rings (SSSR count). The van der Waals surface area contributed by atoms with Gasteiger partial charge < -0.3 is 19.7 Å². The van der Waals surface area contributed by atoms with E-state index in [1.165, 1.54) is 11.1 Å². The first kappa shape index (κ1) is 24.7. The van der Waals surface area contributed by atoms with E-state index >= 15 is 0 Å². The first-order valence-corrected chi connectivity index (χ1v) is 12.6. The minimum Gasteiger partial charge on any atom is -0.496 e. The van der Waals surface area contributed by atoms with Crippen LogP contribution >= 0.6 is 0 Å². The Kier molecular flexibility index (Phi) is 7.06. The van der Waals surface area contributed by atoms with E-state index in [0.717, 1.165) is 33.6 Å². The molecule has 1 amide bonds. The lowest BCUT2D eigenvalue weighted by Crippen LogP contribution is -2.40. The van der Waals surface area contributed by atoms with Gasteiger partial charge in [0.1, 0.15) is 17.4 Å². The van der Waals surface area contributed by atoms with Crippen molar-refractivity contribution in [1.82, 2.24) is 14.9 Å². The van der Waals surface area contributed by atoms with Gasteiger partial charge in [0.15, 0.2) is 0 Å². The lowest BCUT2D eigenvalue weighted by atomic mass is 10.00. The zero-order valence-corrected chi connectivity index (χ0v) is 21.7. The monoisotopic (exact) mass is 496 g/mol. The van der Waals surface area contributed by atoms with Crippen LogP contribution in [0.2, 0.25) is 0 Å². The van der Waals surface area contributed by atoms with Crippen LogP contribution in [0.25, 0.3) is 22.0 Å². The molecule has 190 valence electrons. The molecule has 37 heavy (non-hydrogen) atoms. The van der Waals surface area contributed by atoms with Crippen molar-refractivity contribution in [2.75, 3.05) is 38.7 Å². The molecular formula is C30H32N4O3. The molecule has 4 aromatic rings. The van der Waals surface area contributed by atoms with E-state index in [2.05, 4.69) is 54.5 Å². The predicted octanol–water partition coefficient (Wildman–Crippen LogP) is 5.57. The van der Waals surface area contributed by atoms with Crippen LogP contribution in [0.5, 0.6) is 5.75 Å². The number of morpholine rings is 1. The summed E-state index contributed by atoms with van der Waals surface area (Å²) >= 11 is 0. The molecule has 1 saturated heterocycles. The van der Waals surface area contributed by atoms with Crippen molar-refractivity contribution in [1.29, 1.82) is 0 Å². The summed E-state index contributed by atoms with van der Waals surface area (Å²) in [6.45, 7) is 8.53. The first-order valence-electron chi connectivity index (χ1n) is 12.6. The van der Waals surface area contributed by atoms with Gasteiger partial charge in [-0.3, -0.25) is 4.79 Å². The Bertz CT molecular complexity index is 1430. The van der Waals surface area contributed by atoms with Crippen molar-refractivity contribution in [3.05, 3.63) is 83.2 Å². The Hall–Kier alpha value is -3.97. The summed E-state index contributed by atoms with van der Waals surface area (Å²) in [5.74, 6) is 2.21. The van der Waals surface area contributed by atoms with E-state index in [0.29, 0.717) is 37.7 Å². The molecule has 7 nitrogen and oxygen atoms in total. The Balaban J connectivity index is 1.50. The van der Waals surface area contributed by atoms with Gasteiger partial charge in [-0.2, -0.15) is 0 Å². The number of carbonyl (C=O) groups excluding carboxylic acids is 1. The number of fused-ring (bicyclic) bond motifs is 1. The van der Waals surface area contributed by atoms with Gasteiger partial charge >= 0.3 is 0 Å². The summed E-state index contributed by atoms with van der Waals surface area (Å²) in [5, 5.41) is 4.50. The summed E-state index contributed by atoms with van der Waals surface area (Å²) < 4.78 is 11.1. The third-order valence-corrected chi connectivity index (χ3v) is 6.77. The van der Waals surface area contributed by atoms with Crippen LogP contribution in [0.15, 0.2) is 60.7 Å². The van der Waals surface area contributed by atoms with Gasteiger partial charge in [-0.1, -0.05) is 42.0 Å². The topological polar surface area (TPSA) is 76.6 Å². The molecule has 1 aromatic heterocycles. The highest BCUT2D eigenvalue weighted by molar-refractivity contribution is 5.97. The minimum absolute atomic E-state index is 0.0285. The maximum atomic E-state index is 12.9. The molecule has 0 unspecified atom stereocenters. The van der Waals surface area contributed by atoms with E-state index in [9.17, 15) is 4.79 Å². The minimum atomic E-state index is 0.0285. The number of nitrogens with one attached hydrogen (secondary N) is 1. The lowest BCUT2D eigenvalue weighted by molar-refractivity contribution is 0.0303. The van der Waals surface area contributed by atoms with E-state index in [1.807, 2.05) is 42.2 Å². The molecule has 7 heteroatoms. The molecular weight excluding hydrogens is 464 g/mol. The van der Waals surface area contributed by atoms with Crippen LogP contribution in [-0.4, -0.2) is 54.2 Å². The Labute approximate surface area is 217 Å². The van der Waals surface area contributed by atoms with Gasteiger partial charge in [0, 0.05) is 41.7 Å². The Morgan fingerprint density at radius 3 is 2.49 bits per heavy atom. The summed E-state index contributed by atoms with van der Waals surface area (Å²) in [5.41, 5.74) is 5.76. The maximum absolute atomic E-state index is 12.9. The number of anilines is 1. The van der Waals surface area contributed by atoms with Crippen LogP contribution in [0, 0.1) is 13.8 Å². The number of methoxy groups -OCH3 is 1. The highest BCUT2D eigenvalue weighted by Crippen LogP contribution is 2.36. The SMILES string of the molecule is COc1cc2nc(C)nc(N[C@@H](C)c3cccc(C)c3)c2cc1-c1ccc(C(=O)N2CCOCC2)cc1. The molecule has 0 aliphatic carbocycles. The Morgan fingerprint density at radius 2 is 1.78 bits per heavy atom. The zero-order chi connectivity index (χ0) is 25.9. The number of rotatable bonds is 6. The molecule has 0 bridgehead atoms. The number of hydrogen-bond donors (Lipinski definition) is 1. The number of carbonyl (C=O) groups is 1. The van der Waals surface area contributed by atoms with E-state index in [1.54, 1.807) is 7.11 Å². The largest absolute Gasteiger partial charge is 0.496 e. The highest BCUT2D eigenvalue weighted by Gasteiger charge is 2.19. The molecule has 1 N–H and O–H groups in total. The van der Waals surface area contributed by atoms with Gasteiger partial charge in [-0.15, -0.1) is 0 Å². The predicted molar refractivity (Wildman–Crippen MR) is 146 cm³/mol. The van der Waals surface area contributed by atoms with Crippen LogP contribution in [0.4, 0.5) is 5.82 Å². The standard InChI is InChI=1S/C30H32N4O3/c1-19-6-5-7-24(16-19)20(2)31-29-26-17-25(28(36-4)18-27(26)32-21(3)33-29)22-8-10-23(11-9-22)30(35)34-12-14-37-15-13-34/h5-11,16-18,20H,12-15H2,1-4H3,(H,31,32,33)/t20-/m0/s1. The van der Waals surface area contributed by atoms with Gasteiger partial charge in [0.2, 0.25) is 0 Å². The Morgan fingerprint density at radius 1 is 1.03 bits per heavy atom. The molecule has 0 spiro atoms. The molecule has 0 radical (unpaired) electrons. The zero-order valence-electron chi connectivity index (χ0n) is 21.7. The fraction of sp³-hybridized carbons (Fsp3) is 0.300. The smallest absolute Gasteiger partial charge is 0.254 e. The van der Waals surface area contributed by atoms with Gasteiger partial charge in [0.05, 0.1) is 25.8 Å². The number of benzene rings is 3. The number of aromatic nitrogens is 2. The molecule has 1 fully saturated rings. The third kappa shape index (κ3) is 5.27. The average molecular weight is 497 g/mol. The van der Waals surface area contributed by atoms with E-state index in [-0.39, 0.29) is 11.9 Å². The molecule has 1 aliphatic heterocycles. The van der Waals surface area contributed by atoms with E-state index in [4.69, 9.17) is 14.5 Å². The van der Waals surface area contributed by atoms with Crippen LogP contribution in [-0.2, 0) is 4.74 Å². The second-order valence-corrected chi connectivity index (χ2v) is 9.45. The maximum Gasteiger partial charge on any atom is 0.254 e. The average Bonchev–Trinajstić information content (AvgIpc) is 2.92. The van der Waals surface area contributed by atoms with Gasteiger partial charge in [-0.25, -0.2) is 9.97 Å². The molecule has 0 saturated carbocycles. The van der Waals surface area contributed by atoms with Crippen LogP contribution < -0.4 is 10.1 Å². The van der Waals surface area contributed by atoms with Crippen molar-refractivity contribution in [3.63, 3.8) is 0 Å². The summed E-state index contributed by atoms with van der Waals surface area (Å²) in [7, 11) is 1.66. The summed E-state index contributed by atoms with van der Waals surface area (Å²) in [6.07, 6.45) is 0. The third-order valence-electron chi connectivity index (χ3n) is 6.77. The first-order chi connectivity index (χ1) is 17.9. The quantitative estimate of drug-likeness (QED) is 0.376. The number of amides is 1. The molecule has 1 aliphatic rings. The lowest BCUT2D eigenvalue weighted by Gasteiger charge is -2.26. The fourth-order valence-electron chi connectivity index (χ4n) is 4.75. The van der Waals surface area contributed by atoms with Gasteiger partial charge in [-0.05, 0) is 50.1 Å². The number of hydrogen-bond acceptors (Lipinski definition) is 6. The summed E-state index contributed by atoms with van der Waals surface area (Å²) in [4.78, 5) is 24.1. The normalized spacial score (nSPS) is 14.4. The second kappa shape index (κ2) is 10.6. The van der Waals surface area contributed by atoms with Gasteiger partial charge in [0.25, 0.3) is 5.91 Å². The van der Waals surface area contributed by atoms with Crippen molar-refractivity contribution < 1.29 is 14.3 Å². The van der Waals surface area contributed by atoms with Crippen molar-refractivity contribution in [3.8, 4) is 16.9 Å². The van der Waals surface area contributed by atoms with Crippen molar-refractivity contribution >= 4 is 22.6 Å². The molecule has 3 aromatic carbocycles. The molecule has 2 heterocycles. The van der Waals surface area contributed by atoms with Crippen LogP contribution in [0.3, 0.4) is 0 Å². The highest BCUT2D eigenvalue weighted by atomic mass is 16.5. The number of aryl methyl sites for hydroxylation is 2. The van der Waals surface area contributed by atoms with Crippen molar-refractivity contribution in [2.24, 2.45) is 0 Å². The second-order valence-electron chi connectivity index (χ2n) is 9.45.